The van der Waals surface area contributed by atoms with Crippen molar-refractivity contribution in [3.8, 4) is 0 Å². The summed E-state index contributed by atoms with van der Waals surface area (Å²) in [6.07, 6.45) is -0.139. The molecule has 3 atom stereocenters. The van der Waals surface area contributed by atoms with E-state index in [1.54, 1.807) is 26.2 Å². The monoisotopic (exact) mass is 504 g/mol. The molecule has 1 aromatic heterocycles. The molecular weight excluding hydrogens is 476 g/mol. The lowest BCUT2D eigenvalue weighted by Gasteiger charge is -2.32. The third-order valence-corrected chi connectivity index (χ3v) is 7.62. The highest BCUT2D eigenvalue weighted by molar-refractivity contribution is 7.18. The molecule has 8 nitrogen and oxygen atoms in total. The van der Waals surface area contributed by atoms with Crippen molar-refractivity contribution in [3.05, 3.63) is 56.2 Å². The molecule has 0 spiro atoms. The maximum absolute atomic E-state index is 13.5. The lowest BCUT2D eigenvalue weighted by atomic mass is 9.93. The van der Waals surface area contributed by atoms with E-state index < -0.39 is 12.3 Å². The number of rotatable bonds is 4. The molecule has 10 heteroatoms. The number of carbonyl (C=O) groups excluding carboxylic acids is 3. The molecule has 0 radical (unpaired) electrons. The van der Waals surface area contributed by atoms with Crippen LogP contribution in [0.1, 0.15) is 44.5 Å². The molecule has 2 aromatic rings. The van der Waals surface area contributed by atoms with Crippen LogP contribution < -0.4 is 5.32 Å². The van der Waals surface area contributed by atoms with Crippen LogP contribution in [0.4, 0.5) is 4.79 Å². The Morgan fingerprint density at radius 3 is 2.62 bits per heavy atom. The molecule has 3 amide bonds. The SMILES string of the molecule is C[C@@H]1Cc2cc(C(=O)N3C[C@H](NC(=O)c4ccc(Cl)s4)C[C@@H]3OC(=O)N(C)C)ccc2CN1C. The summed E-state index contributed by atoms with van der Waals surface area (Å²) in [5.74, 6) is -0.484. The number of hydrogen-bond donors (Lipinski definition) is 1. The van der Waals surface area contributed by atoms with Crippen molar-refractivity contribution < 1.29 is 19.1 Å². The van der Waals surface area contributed by atoms with E-state index in [1.807, 2.05) is 18.2 Å². The second kappa shape index (κ2) is 9.93. The summed E-state index contributed by atoms with van der Waals surface area (Å²) in [6, 6.07) is 9.15. The average molecular weight is 505 g/mol. The molecule has 34 heavy (non-hydrogen) atoms. The second-order valence-electron chi connectivity index (χ2n) is 9.15. The van der Waals surface area contributed by atoms with E-state index in [0.717, 1.165) is 18.5 Å². The normalized spacial score (nSPS) is 22.3. The molecule has 1 saturated heterocycles. The Morgan fingerprint density at radius 1 is 1.18 bits per heavy atom. The summed E-state index contributed by atoms with van der Waals surface area (Å²) in [5, 5.41) is 2.95. The fourth-order valence-corrected chi connectivity index (χ4v) is 5.26. The zero-order valence-corrected chi connectivity index (χ0v) is 21.3. The van der Waals surface area contributed by atoms with Gasteiger partial charge in [-0.2, -0.15) is 0 Å². The van der Waals surface area contributed by atoms with Gasteiger partial charge in [-0.15, -0.1) is 11.3 Å². The van der Waals surface area contributed by atoms with Crippen LogP contribution in [0, 0.1) is 0 Å². The molecule has 1 fully saturated rings. The van der Waals surface area contributed by atoms with Crippen molar-refractivity contribution in [2.45, 2.75) is 44.6 Å². The Hall–Kier alpha value is -2.62. The molecule has 1 N–H and O–H groups in total. The number of likely N-dealkylation sites (tertiary alicyclic amines) is 1. The van der Waals surface area contributed by atoms with Gasteiger partial charge in [-0.25, -0.2) is 4.79 Å². The van der Waals surface area contributed by atoms with E-state index in [9.17, 15) is 14.4 Å². The van der Waals surface area contributed by atoms with Gasteiger partial charge in [-0.1, -0.05) is 17.7 Å². The standard InChI is InChI=1S/C24H29ClN4O4S/c1-14-9-17-10-15(5-6-16(17)12-28(14)4)23(31)29-13-18(11-21(29)33-24(32)27(2)3)26-22(30)19-7-8-20(25)34-19/h5-8,10,14,18,21H,9,11-13H2,1-4H3,(H,26,30)/t14-,18-,21+/m1/s1. The first-order valence-corrected chi connectivity index (χ1v) is 12.4. The highest BCUT2D eigenvalue weighted by Crippen LogP contribution is 2.27. The van der Waals surface area contributed by atoms with Gasteiger partial charge >= 0.3 is 6.09 Å². The van der Waals surface area contributed by atoms with E-state index in [-0.39, 0.29) is 24.4 Å². The summed E-state index contributed by atoms with van der Waals surface area (Å²) in [4.78, 5) is 44.1. The van der Waals surface area contributed by atoms with E-state index in [2.05, 4.69) is 24.2 Å². The topological polar surface area (TPSA) is 82.2 Å². The first kappa shape index (κ1) is 24.5. The van der Waals surface area contributed by atoms with Crippen LogP contribution in [-0.2, 0) is 17.7 Å². The lowest BCUT2D eigenvalue weighted by molar-refractivity contribution is 0.00452. The van der Waals surface area contributed by atoms with Gasteiger partial charge in [0.1, 0.15) is 0 Å². The van der Waals surface area contributed by atoms with Crippen LogP contribution in [0.25, 0.3) is 0 Å². The van der Waals surface area contributed by atoms with E-state index in [4.69, 9.17) is 16.3 Å². The Bertz CT molecular complexity index is 1100. The number of carbonyl (C=O) groups is 3. The second-order valence-corrected chi connectivity index (χ2v) is 10.9. The van der Waals surface area contributed by atoms with Crippen molar-refractivity contribution in [2.75, 3.05) is 27.7 Å². The van der Waals surface area contributed by atoms with Gasteiger partial charge in [-0.3, -0.25) is 14.5 Å². The molecule has 0 unspecified atom stereocenters. The molecule has 2 aliphatic rings. The number of likely N-dealkylation sites (N-methyl/N-ethyl adjacent to an activating group) is 1. The van der Waals surface area contributed by atoms with Crippen molar-refractivity contribution >= 4 is 40.8 Å². The molecule has 0 aliphatic carbocycles. The summed E-state index contributed by atoms with van der Waals surface area (Å²) >= 11 is 7.14. The van der Waals surface area contributed by atoms with Crippen LogP contribution in [0.2, 0.25) is 4.34 Å². The largest absolute Gasteiger partial charge is 0.425 e. The van der Waals surface area contributed by atoms with Crippen molar-refractivity contribution in [2.24, 2.45) is 0 Å². The van der Waals surface area contributed by atoms with Gasteiger partial charge in [0.25, 0.3) is 11.8 Å². The zero-order chi connectivity index (χ0) is 24.6. The van der Waals surface area contributed by atoms with Crippen molar-refractivity contribution in [1.82, 2.24) is 20.0 Å². The number of amides is 3. The maximum atomic E-state index is 13.5. The number of benzene rings is 1. The molecule has 1 aromatic carbocycles. The van der Waals surface area contributed by atoms with E-state index in [0.29, 0.717) is 27.2 Å². The van der Waals surface area contributed by atoms with Crippen LogP contribution in [0.15, 0.2) is 30.3 Å². The highest BCUT2D eigenvalue weighted by atomic mass is 35.5. The summed E-state index contributed by atoms with van der Waals surface area (Å²) < 4.78 is 6.14. The lowest BCUT2D eigenvalue weighted by Crippen LogP contribution is -2.41. The summed E-state index contributed by atoms with van der Waals surface area (Å²) in [7, 11) is 5.27. The number of nitrogens with one attached hydrogen (secondary N) is 1. The quantitative estimate of drug-likeness (QED) is 0.689. The first-order valence-electron chi connectivity index (χ1n) is 11.2. The predicted octanol–water partition coefficient (Wildman–Crippen LogP) is 3.45. The molecule has 182 valence electrons. The first-order chi connectivity index (χ1) is 16.1. The van der Waals surface area contributed by atoms with Crippen LogP contribution >= 0.6 is 22.9 Å². The molecule has 2 aliphatic heterocycles. The van der Waals surface area contributed by atoms with Crippen molar-refractivity contribution in [1.29, 1.82) is 0 Å². The minimum Gasteiger partial charge on any atom is -0.425 e. The van der Waals surface area contributed by atoms with Crippen LogP contribution in [0.5, 0.6) is 0 Å². The number of halogens is 1. The number of fused-ring (bicyclic) bond motifs is 1. The fraction of sp³-hybridized carbons (Fsp3) is 0.458. The Kier molecular flexibility index (Phi) is 7.16. The van der Waals surface area contributed by atoms with Gasteiger partial charge in [-0.05, 0) is 55.8 Å². The van der Waals surface area contributed by atoms with Crippen LogP contribution in [-0.4, -0.2) is 78.6 Å². The minimum absolute atomic E-state index is 0.221. The number of hydrogen-bond acceptors (Lipinski definition) is 6. The summed E-state index contributed by atoms with van der Waals surface area (Å²) in [6.45, 7) is 3.26. The third kappa shape index (κ3) is 5.21. The zero-order valence-electron chi connectivity index (χ0n) is 19.7. The summed E-state index contributed by atoms with van der Waals surface area (Å²) in [5.41, 5.74) is 2.93. The van der Waals surface area contributed by atoms with Gasteiger partial charge < -0.3 is 19.9 Å². The Labute approximate surface area is 208 Å². The molecule has 0 bridgehead atoms. The molecule has 0 saturated carbocycles. The Balaban J connectivity index is 1.53. The predicted molar refractivity (Wildman–Crippen MR) is 131 cm³/mol. The fourth-order valence-electron chi connectivity index (χ4n) is 4.31. The molecule has 3 heterocycles. The molecular formula is C24H29ClN4O4S. The van der Waals surface area contributed by atoms with Crippen molar-refractivity contribution in [3.63, 3.8) is 0 Å². The smallest absolute Gasteiger partial charge is 0.411 e. The van der Waals surface area contributed by atoms with Crippen LogP contribution in [0.3, 0.4) is 0 Å². The highest BCUT2D eigenvalue weighted by Gasteiger charge is 2.39. The van der Waals surface area contributed by atoms with Gasteiger partial charge in [0.2, 0.25) is 0 Å². The van der Waals surface area contributed by atoms with E-state index in [1.165, 1.54) is 26.7 Å². The minimum atomic E-state index is -0.777. The van der Waals surface area contributed by atoms with Gasteiger partial charge in [0.15, 0.2) is 6.23 Å². The molecule has 4 rings (SSSR count). The number of ether oxygens (including phenoxy) is 1. The third-order valence-electron chi connectivity index (χ3n) is 6.39. The average Bonchev–Trinajstić information content (AvgIpc) is 3.39. The van der Waals surface area contributed by atoms with E-state index >= 15 is 0 Å². The number of thiophene rings is 1. The Morgan fingerprint density at radius 2 is 1.94 bits per heavy atom. The van der Waals surface area contributed by atoms with Gasteiger partial charge in [0, 0.05) is 45.2 Å². The number of nitrogens with zero attached hydrogens (tertiary/aromatic N) is 3. The maximum Gasteiger partial charge on any atom is 0.411 e. The van der Waals surface area contributed by atoms with Gasteiger partial charge in [0.05, 0.1) is 15.3 Å².